The predicted molar refractivity (Wildman–Crippen MR) is 87.8 cm³/mol. The van der Waals surface area contributed by atoms with Gasteiger partial charge in [0.25, 0.3) is 0 Å². The van der Waals surface area contributed by atoms with Crippen molar-refractivity contribution >= 4 is 9.84 Å². The minimum atomic E-state index is -2.95. The van der Waals surface area contributed by atoms with E-state index >= 15 is 0 Å². The molecule has 2 rings (SSSR count). The molecule has 1 N–H and O–H groups in total. The summed E-state index contributed by atoms with van der Waals surface area (Å²) in [5, 5.41) is 3.67. The fourth-order valence-electron chi connectivity index (χ4n) is 3.18. The Balaban J connectivity index is 1.89. The Morgan fingerprint density at radius 1 is 1.10 bits per heavy atom. The zero-order chi connectivity index (χ0) is 15.5. The van der Waals surface area contributed by atoms with Crippen molar-refractivity contribution in [2.75, 3.05) is 6.26 Å². The lowest BCUT2D eigenvalue weighted by atomic mass is 9.78. The highest BCUT2D eigenvalue weighted by molar-refractivity contribution is 7.89. The van der Waals surface area contributed by atoms with Crippen LogP contribution in [-0.4, -0.2) is 20.7 Å². The van der Waals surface area contributed by atoms with Gasteiger partial charge in [0.05, 0.1) is 5.75 Å². The fourth-order valence-corrected chi connectivity index (χ4v) is 3.97. The molecule has 3 nitrogen and oxygen atoms in total. The largest absolute Gasteiger partial charge is 0.310 e. The van der Waals surface area contributed by atoms with Crippen LogP contribution in [0.4, 0.5) is 0 Å². The van der Waals surface area contributed by atoms with E-state index in [2.05, 4.69) is 19.2 Å². The van der Waals surface area contributed by atoms with E-state index in [1.54, 1.807) is 0 Å². The third-order valence-electron chi connectivity index (χ3n) is 4.73. The maximum absolute atomic E-state index is 11.3. The minimum absolute atomic E-state index is 0.123. The van der Waals surface area contributed by atoms with Gasteiger partial charge in [-0.15, -0.1) is 0 Å². The topological polar surface area (TPSA) is 46.2 Å². The first-order chi connectivity index (χ1) is 9.85. The lowest BCUT2D eigenvalue weighted by Gasteiger charge is -2.34. The van der Waals surface area contributed by atoms with Crippen molar-refractivity contribution in [3.8, 4) is 0 Å². The smallest absolute Gasteiger partial charge is 0.151 e. The average Bonchev–Trinajstić information content (AvgIpc) is 2.40. The van der Waals surface area contributed by atoms with Crippen LogP contribution in [0.3, 0.4) is 0 Å². The molecular weight excluding hydrogens is 282 g/mol. The number of hydrogen-bond donors (Lipinski definition) is 1. The Kier molecular flexibility index (Phi) is 5.44. The van der Waals surface area contributed by atoms with Crippen LogP contribution in [0, 0.1) is 11.8 Å². The standard InChI is InChI=1S/C17H27NO2S/c1-13-5-4-6-17(14(13)2)18-11-15-7-9-16(10-8-15)12-21(3,19)20/h7-10,13-14,17-18H,4-6,11-12H2,1-3H3. The summed E-state index contributed by atoms with van der Waals surface area (Å²) in [4.78, 5) is 0. The molecule has 0 radical (unpaired) electrons. The molecule has 1 fully saturated rings. The van der Waals surface area contributed by atoms with Gasteiger partial charge < -0.3 is 5.32 Å². The van der Waals surface area contributed by atoms with Gasteiger partial charge in [-0.2, -0.15) is 0 Å². The first kappa shape index (κ1) is 16.5. The van der Waals surface area contributed by atoms with Gasteiger partial charge >= 0.3 is 0 Å². The predicted octanol–water partition coefficient (Wildman–Crippen LogP) is 3.15. The van der Waals surface area contributed by atoms with Crippen LogP contribution in [0.1, 0.15) is 44.2 Å². The van der Waals surface area contributed by atoms with Crippen LogP contribution < -0.4 is 5.32 Å². The normalized spacial score (nSPS) is 26.7. The van der Waals surface area contributed by atoms with Crippen molar-refractivity contribution in [3.63, 3.8) is 0 Å². The van der Waals surface area contributed by atoms with Crippen molar-refractivity contribution < 1.29 is 8.42 Å². The molecule has 0 bridgehead atoms. The zero-order valence-corrected chi connectivity index (χ0v) is 14.1. The van der Waals surface area contributed by atoms with Crippen LogP contribution in [0.2, 0.25) is 0 Å². The van der Waals surface area contributed by atoms with Crippen molar-refractivity contribution in [1.82, 2.24) is 5.32 Å². The molecule has 1 aromatic rings. The summed E-state index contributed by atoms with van der Waals surface area (Å²) in [5.74, 6) is 1.65. The van der Waals surface area contributed by atoms with E-state index in [4.69, 9.17) is 0 Å². The van der Waals surface area contributed by atoms with Gasteiger partial charge in [-0.05, 0) is 29.4 Å². The zero-order valence-electron chi connectivity index (χ0n) is 13.3. The third-order valence-corrected chi connectivity index (χ3v) is 5.58. The van der Waals surface area contributed by atoms with Gasteiger partial charge in [0.2, 0.25) is 0 Å². The molecule has 0 spiro atoms. The van der Waals surface area contributed by atoms with E-state index in [-0.39, 0.29) is 5.75 Å². The number of hydrogen-bond acceptors (Lipinski definition) is 3. The second-order valence-electron chi connectivity index (χ2n) is 6.64. The van der Waals surface area contributed by atoms with Crippen molar-refractivity contribution in [1.29, 1.82) is 0 Å². The van der Waals surface area contributed by atoms with Gasteiger partial charge in [0, 0.05) is 18.8 Å². The van der Waals surface area contributed by atoms with E-state index in [1.165, 1.54) is 31.1 Å². The van der Waals surface area contributed by atoms with Crippen molar-refractivity contribution in [2.45, 2.75) is 51.4 Å². The van der Waals surface area contributed by atoms with Gasteiger partial charge in [-0.1, -0.05) is 51.0 Å². The monoisotopic (exact) mass is 309 g/mol. The molecule has 3 unspecified atom stereocenters. The SMILES string of the molecule is CC1CCCC(NCc2ccc(CS(C)(=O)=O)cc2)C1C. The lowest BCUT2D eigenvalue weighted by molar-refractivity contribution is 0.206. The maximum Gasteiger partial charge on any atom is 0.151 e. The maximum atomic E-state index is 11.3. The summed E-state index contributed by atoms with van der Waals surface area (Å²) < 4.78 is 22.5. The van der Waals surface area contributed by atoms with Gasteiger partial charge in [0.1, 0.15) is 0 Å². The number of rotatable bonds is 5. The molecule has 4 heteroatoms. The van der Waals surface area contributed by atoms with E-state index in [0.717, 1.165) is 23.9 Å². The summed E-state index contributed by atoms with van der Waals surface area (Å²) in [6.07, 6.45) is 5.20. The highest BCUT2D eigenvalue weighted by atomic mass is 32.2. The van der Waals surface area contributed by atoms with Crippen LogP contribution >= 0.6 is 0 Å². The van der Waals surface area contributed by atoms with E-state index in [9.17, 15) is 8.42 Å². The third kappa shape index (κ3) is 5.11. The molecule has 0 aliphatic heterocycles. The Bertz CT molecular complexity index is 551. The Morgan fingerprint density at radius 3 is 2.33 bits per heavy atom. The molecule has 0 aromatic heterocycles. The summed E-state index contributed by atoms with van der Waals surface area (Å²) in [6.45, 7) is 5.55. The van der Waals surface area contributed by atoms with E-state index in [0.29, 0.717) is 6.04 Å². The summed E-state index contributed by atoms with van der Waals surface area (Å²) >= 11 is 0. The molecule has 1 aliphatic carbocycles. The average molecular weight is 309 g/mol. The van der Waals surface area contributed by atoms with Crippen LogP contribution in [0.25, 0.3) is 0 Å². The highest BCUT2D eigenvalue weighted by Crippen LogP contribution is 2.29. The lowest BCUT2D eigenvalue weighted by Crippen LogP contribution is -2.40. The second kappa shape index (κ2) is 6.93. The van der Waals surface area contributed by atoms with Gasteiger partial charge in [0.15, 0.2) is 9.84 Å². The molecule has 1 aliphatic rings. The number of nitrogens with one attached hydrogen (secondary N) is 1. The molecule has 21 heavy (non-hydrogen) atoms. The molecule has 0 heterocycles. The Hall–Kier alpha value is -0.870. The molecular formula is C17H27NO2S. The van der Waals surface area contributed by atoms with E-state index in [1.807, 2.05) is 24.3 Å². The van der Waals surface area contributed by atoms with Crippen LogP contribution in [-0.2, 0) is 22.1 Å². The first-order valence-corrected chi connectivity index (χ1v) is 9.90. The molecule has 1 saturated carbocycles. The first-order valence-electron chi connectivity index (χ1n) is 7.84. The van der Waals surface area contributed by atoms with Crippen molar-refractivity contribution in [3.05, 3.63) is 35.4 Å². The second-order valence-corrected chi connectivity index (χ2v) is 8.78. The fraction of sp³-hybridized carbons (Fsp3) is 0.647. The Morgan fingerprint density at radius 2 is 1.71 bits per heavy atom. The van der Waals surface area contributed by atoms with E-state index < -0.39 is 9.84 Å². The Labute approximate surface area is 129 Å². The molecule has 0 amide bonds. The quantitative estimate of drug-likeness (QED) is 0.909. The summed E-state index contributed by atoms with van der Waals surface area (Å²) in [5.41, 5.74) is 2.08. The number of benzene rings is 1. The summed E-state index contributed by atoms with van der Waals surface area (Å²) in [6, 6.07) is 8.51. The van der Waals surface area contributed by atoms with Gasteiger partial charge in [-0.3, -0.25) is 0 Å². The van der Waals surface area contributed by atoms with Crippen LogP contribution in [0.15, 0.2) is 24.3 Å². The molecule has 3 atom stereocenters. The molecule has 0 saturated heterocycles. The highest BCUT2D eigenvalue weighted by Gasteiger charge is 2.26. The van der Waals surface area contributed by atoms with Crippen LogP contribution in [0.5, 0.6) is 0 Å². The molecule has 1 aromatic carbocycles. The minimum Gasteiger partial charge on any atom is -0.310 e. The van der Waals surface area contributed by atoms with Crippen molar-refractivity contribution in [2.24, 2.45) is 11.8 Å². The summed E-state index contributed by atoms with van der Waals surface area (Å²) in [7, 11) is -2.95. The number of sulfone groups is 1. The molecule has 118 valence electrons. The van der Waals surface area contributed by atoms with Gasteiger partial charge in [-0.25, -0.2) is 8.42 Å².